The smallest absolute Gasteiger partial charge is 0.324 e. The number of nitrogens with zero attached hydrogens (tertiary/aromatic N) is 2. The first-order valence-electron chi connectivity index (χ1n) is 4.87. The van der Waals surface area contributed by atoms with Crippen molar-refractivity contribution in [2.75, 3.05) is 45.9 Å². The summed E-state index contributed by atoms with van der Waals surface area (Å²) < 4.78 is 5.14. The molecular formula is C8H17N2O2PS3. The molecule has 0 saturated carbocycles. The van der Waals surface area contributed by atoms with E-state index >= 15 is 0 Å². The summed E-state index contributed by atoms with van der Waals surface area (Å²) in [5.74, 6) is 0. The molecule has 94 valence electrons. The molecule has 0 atom stereocenters. The molecule has 1 heterocycles. The molecule has 1 fully saturated rings. The van der Waals surface area contributed by atoms with Crippen LogP contribution in [0.2, 0.25) is 0 Å². The zero-order valence-electron chi connectivity index (χ0n) is 9.71. The van der Waals surface area contributed by atoms with Crippen LogP contribution in [0.25, 0.3) is 0 Å². The molecule has 1 saturated heterocycles. The molecule has 0 N–H and O–H groups in total. The fourth-order valence-electron chi connectivity index (χ4n) is 1.38. The minimum absolute atomic E-state index is 0.0373. The first-order chi connectivity index (χ1) is 7.55. The van der Waals surface area contributed by atoms with Gasteiger partial charge in [-0.25, -0.2) is 4.79 Å². The van der Waals surface area contributed by atoms with E-state index in [0.29, 0.717) is 26.3 Å². The Kier molecular flexibility index (Phi) is 5.94. The van der Waals surface area contributed by atoms with E-state index in [4.69, 9.17) is 16.5 Å². The van der Waals surface area contributed by atoms with Gasteiger partial charge in [-0.15, -0.1) is 0 Å². The average Bonchev–Trinajstić information content (AvgIpc) is 2.37. The topological polar surface area (TPSA) is 32.8 Å². The van der Waals surface area contributed by atoms with E-state index in [-0.39, 0.29) is 6.03 Å². The third kappa shape index (κ3) is 3.29. The molecule has 0 aromatic rings. The summed E-state index contributed by atoms with van der Waals surface area (Å²) in [4.78, 5) is 14.0. The van der Waals surface area contributed by atoms with Gasteiger partial charge in [0.05, 0.1) is 13.2 Å². The van der Waals surface area contributed by atoms with E-state index in [0.717, 1.165) is 0 Å². The van der Waals surface area contributed by atoms with Gasteiger partial charge >= 0.3 is 6.03 Å². The van der Waals surface area contributed by atoms with E-state index < -0.39 is 4.59 Å². The third-order valence-electron chi connectivity index (χ3n) is 2.39. The molecule has 0 aromatic carbocycles. The molecule has 0 aliphatic carbocycles. The quantitative estimate of drug-likeness (QED) is 0.747. The monoisotopic (exact) mass is 300 g/mol. The van der Waals surface area contributed by atoms with Gasteiger partial charge in [0.1, 0.15) is 4.59 Å². The van der Waals surface area contributed by atoms with Crippen LogP contribution in [0.3, 0.4) is 0 Å². The summed E-state index contributed by atoms with van der Waals surface area (Å²) in [5.41, 5.74) is 0. The van der Waals surface area contributed by atoms with Crippen molar-refractivity contribution in [3.05, 3.63) is 0 Å². The van der Waals surface area contributed by atoms with Crippen molar-refractivity contribution in [3.8, 4) is 0 Å². The maximum Gasteiger partial charge on any atom is 0.324 e. The third-order valence-corrected chi connectivity index (χ3v) is 14.6. The normalized spacial score (nSPS) is 17.3. The van der Waals surface area contributed by atoms with Crippen LogP contribution in [0.4, 0.5) is 4.79 Å². The molecule has 16 heavy (non-hydrogen) atoms. The minimum atomic E-state index is -1.83. The fourth-order valence-corrected chi connectivity index (χ4v) is 6.25. The van der Waals surface area contributed by atoms with E-state index in [1.807, 2.05) is 24.5 Å². The zero-order valence-corrected chi connectivity index (χ0v) is 13.1. The van der Waals surface area contributed by atoms with E-state index in [9.17, 15) is 4.79 Å². The highest BCUT2D eigenvalue weighted by molar-refractivity contribution is 8.99. The van der Waals surface area contributed by atoms with Gasteiger partial charge in [-0.3, -0.25) is 4.67 Å². The van der Waals surface area contributed by atoms with Crippen LogP contribution >= 0.6 is 27.4 Å². The first kappa shape index (κ1) is 14.6. The van der Waals surface area contributed by atoms with Gasteiger partial charge in [0.15, 0.2) is 0 Å². The van der Waals surface area contributed by atoms with Crippen molar-refractivity contribution in [1.82, 2.24) is 9.57 Å². The molecule has 1 aliphatic rings. The standard InChI is InChI=1S/C8H17N2O2PS3/c1-9(13(14,15-2)16-3)8(11)10-4-6-12-7-5-10/h4-7H2,1-3H3. The van der Waals surface area contributed by atoms with Crippen molar-refractivity contribution < 1.29 is 9.53 Å². The molecule has 8 heteroatoms. The lowest BCUT2D eigenvalue weighted by atomic mass is 10.4. The van der Waals surface area contributed by atoms with Crippen LogP contribution < -0.4 is 0 Å². The minimum Gasteiger partial charge on any atom is -0.378 e. The van der Waals surface area contributed by atoms with Crippen molar-refractivity contribution in [2.45, 2.75) is 0 Å². The number of rotatable bonds is 3. The van der Waals surface area contributed by atoms with Gasteiger partial charge in [-0.2, -0.15) is 0 Å². The maximum atomic E-state index is 12.2. The Bertz CT molecular complexity index is 289. The fraction of sp³-hybridized carbons (Fsp3) is 0.875. The zero-order chi connectivity index (χ0) is 12.2. The molecule has 0 radical (unpaired) electrons. The van der Waals surface area contributed by atoms with E-state index in [2.05, 4.69) is 0 Å². The summed E-state index contributed by atoms with van der Waals surface area (Å²) in [5, 5.41) is 0. The number of amides is 2. The second-order valence-corrected chi connectivity index (χ2v) is 14.5. The lowest BCUT2D eigenvalue weighted by Gasteiger charge is -2.35. The second-order valence-electron chi connectivity index (χ2n) is 3.24. The Hall–Kier alpha value is 0.580. The Morgan fingerprint density at radius 2 is 1.88 bits per heavy atom. The number of ether oxygens (including phenoxy) is 1. The predicted molar refractivity (Wildman–Crippen MR) is 76.9 cm³/mol. The number of hydrogen-bond acceptors (Lipinski definition) is 5. The van der Waals surface area contributed by atoms with Crippen LogP contribution in [0.15, 0.2) is 0 Å². The molecule has 1 aliphatic heterocycles. The first-order valence-corrected chi connectivity index (χ1v) is 11.3. The van der Waals surface area contributed by atoms with Crippen LogP contribution in [-0.4, -0.2) is 61.5 Å². The summed E-state index contributed by atoms with van der Waals surface area (Å²) in [7, 11) is 1.81. The van der Waals surface area contributed by atoms with Gasteiger partial charge in [0, 0.05) is 20.1 Å². The number of carbonyl (C=O) groups is 1. The lowest BCUT2D eigenvalue weighted by molar-refractivity contribution is 0.0500. The summed E-state index contributed by atoms with van der Waals surface area (Å²) in [6, 6.07) is 0.0373. The Labute approximate surface area is 110 Å². The van der Waals surface area contributed by atoms with Gasteiger partial charge in [0.25, 0.3) is 0 Å². The van der Waals surface area contributed by atoms with Crippen molar-refractivity contribution >= 4 is 45.2 Å². The van der Waals surface area contributed by atoms with Gasteiger partial charge in [-0.05, 0) is 12.5 Å². The average molecular weight is 300 g/mol. The SMILES string of the molecule is CSP(=S)(SC)N(C)C(=O)N1CCOCC1. The number of urea groups is 1. The molecule has 0 aromatic heterocycles. The maximum absolute atomic E-state index is 12.2. The Morgan fingerprint density at radius 1 is 1.38 bits per heavy atom. The number of carbonyl (C=O) groups excluding carboxylic acids is 1. The molecule has 2 amide bonds. The van der Waals surface area contributed by atoms with Crippen LogP contribution in [0.1, 0.15) is 0 Å². The van der Waals surface area contributed by atoms with Crippen LogP contribution in [0, 0.1) is 0 Å². The van der Waals surface area contributed by atoms with Crippen LogP contribution in [-0.2, 0) is 16.5 Å². The van der Waals surface area contributed by atoms with E-state index in [1.54, 1.807) is 27.4 Å². The molecule has 0 unspecified atom stereocenters. The second kappa shape index (κ2) is 6.50. The highest BCUT2D eigenvalue weighted by Crippen LogP contribution is 2.69. The predicted octanol–water partition coefficient (Wildman–Crippen LogP) is 2.32. The molecule has 4 nitrogen and oxygen atoms in total. The molecule has 0 spiro atoms. The highest BCUT2D eigenvalue weighted by atomic mass is 33.2. The van der Waals surface area contributed by atoms with Gasteiger partial charge in [0.2, 0.25) is 0 Å². The lowest BCUT2D eigenvalue weighted by Crippen LogP contribution is -2.45. The van der Waals surface area contributed by atoms with Crippen molar-refractivity contribution in [1.29, 1.82) is 0 Å². The molecule has 1 rings (SSSR count). The van der Waals surface area contributed by atoms with Crippen LogP contribution in [0.5, 0.6) is 0 Å². The van der Waals surface area contributed by atoms with E-state index in [1.165, 1.54) is 0 Å². The molecular weight excluding hydrogens is 283 g/mol. The molecule has 0 bridgehead atoms. The summed E-state index contributed by atoms with van der Waals surface area (Å²) in [6.07, 6.45) is 3.95. The summed E-state index contributed by atoms with van der Waals surface area (Å²) >= 11 is 8.77. The number of morpholine rings is 1. The Morgan fingerprint density at radius 3 is 2.31 bits per heavy atom. The largest absolute Gasteiger partial charge is 0.378 e. The van der Waals surface area contributed by atoms with Gasteiger partial charge < -0.3 is 9.64 Å². The Balaban J connectivity index is 2.68. The summed E-state index contributed by atoms with van der Waals surface area (Å²) in [6.45, 7) is 2.59. The van der Waals surface area contributed by atoms with Gasteiger partial charge in [-0.1, -0.05) is 34.6 Å². The van der Waals surface area contributed by atoms with Crippen molar-refractivity contribution in [2.24, 2.45) is 0 Å². The van der Waals surface area contributed by atoms with Crippen molar-refractivity contribution in [3.63, 3.8) is 0 Å². The highest BCUT2D eigenvalue weighted by Gasteiger charge is 2.29. The number of hydrogen-bond donors (Lipinski definition) is 0.